The minimum absolute atomic E-state index is 0.0178. The zero-order valence-electron chi connectivity index (χ0n) is 23.0. The van der Waals surface area contributed by atoms with E-state index in [0.29, 0.717) is 19.6 Å². The van der Waals surface area contributed by atoms with E-state index in [1.54, 1.807) is 7.11 Å². The molecule has 0 radical (unpaired) electrons. The number of aryl methyl sites for hydroxylation is 3. The summed E-state index contributed by atoms with van der Waals surface area (Å²) in [6, 6.07) is 20.0. The molecule has 204 valence electrons. The summed E-state index contributed by atoms with van der Waals surface area (Å²) in [7, 11) is 1.65. The highest BCUT2D eigenvalue weighted by molar-refractivity contribution is 5.78. The van der Waals surface area contributed by atoms with Gasteiger partial charge >= 0.3 is 0 Å². The summed E-state index contributed by atoms with van der Waals surface area (Å²) in [6.07, 6.45) is 4.06. The molecule has 4 rings (SSSR count). The first-order valence-electron chi connectivity index (χ1n) is 13.3. The lowest BCUT2D eigenvalue weighted by atomic mass is 10.1. The minimum Gasteiger partial charge on any atom is -0.493 e. The lowest BCUT2D eigenvalue weighted by Crippen LogP contribution is -2.31. The first-order valence-corrected chi connectivity index (χ1v) is 13.3. The number of imidazole rings is 1. The van der Waals surface area contributed by atoms with Crippen molar-refractivity contribution in [1.82, 2.24) is 14.9 Å². The Labute approximate surface area is 230 Å². The van der Waals surface area contributed by atoms with Crippen LogP contribution in [0.2, 0.25) is 0 Å². The number of fused-ring (bicyclic) bond motifs is 1. The zero-order chi connectivity index (χ0) is 27.6. The molecule has 0 unspecified atom stereocenters. The highest BCUT2D eigenvalue weighted by Gasteiger charge is 2.12. The van der Waals surface area contributed by atoms with Crippen LogP contribution in [0.25, 0.3) is 11.0 Å². The van der Waals surface area contributed by atoms with Gasteiger partial charge in [-0.05, 0) is 73.7 Å². The lowest BCUT2D eigenvalue weighted by Gasteiger charge is -2.13. The molecule has 0 fully saturated rings. The number of carbonyl (C=O) groups excluding carboxylic acids is 1. The second kappa shape index (κ2) is 13.5. The molecule has 39 heavy (non-hydrogen) atoms. The maximum atomic E-state index is 12.4. The number of allylic oxidation sites excluding steroid dienone is 1. The molecule has 0 aliphatic carbocycles. The molecule has 1 aromatic heterocycles. The largest absolute Gasteiger partial charge is 0.493 e. The van der Waals surface area contributed by atoms with E-state index < -0.39 is 0 Å². The molecule has 1 N–H and O–H groups in total. The monoisotopic (exact) mass is 527 g/mol. The normalized spacial score (nSPS) is 10.8. The van der Waals surface area contributed by atoms with Crippen molar-refractivity contribution in [3.05, 3.63) is 95.8 Å². The predicted molar refractivity (Wildman–Crippen MR) is 155 cm³/mol. The van der Waals surface area contributed by atoms with Crippen LogP contribution >= 0.6 is 0 Å². The molecule has 4 aromatic rings. The van der Waals surface area contributed by atoms with Crippen LogP contribution in [0.15, 0.2) is 73.3 Å². The van der Waals surface area contributed by atoms with Gasteiger partial charge in [0, 0.05) is 19.5 Å². The molecule has 3 aromatic carbocycles. The van der Waals surface area contributed by atoms with Gasteiger partial charge in [0.05, 0.1) is 24.8 Å². The van der Waals surface area contributed by atoms with E-state index in [4.69, 9.17) is 19.2 Å². The summed E-state index contributed by atoms with van der Waals surface area (Å²) >= 11 is 0. The summed E-state index contributed by atoms with van der Waals surface area (Å²) in [6.45, 7) is 9.51. The number of ether oxygens (including phenoxy) is 3. The highest BCUT2D eigenvalue weighted by atomic mass is 16.5. The van der Waals surface area contributed by atoms with Gasteiger partial charge in [0.15, 0.2) is 18.1 Å². The van der Waals surface area contributed by atoms with Crippen molar-refractivity contribution in [2.45, 2.75) is 39.7 Å². The molecule has 0 saturated carbocycles. The Kier molecular flexibility index (Phi) is 9.62. The Morgan fingerprint density at radius 1 is 1.03 bits per heavy atom. The number of rotatable bonds is 14. The maximum absolute atomic E-state index is 12.4. The van der Waals surface area contributed by atoms with Gasteiger partial charge < -0.3 is 24.1 Å². The first-order chi connectivity index (χ1) is 19.0. The Bertz CT molecular complexity index is 1430. The summed E-state index contributed by atoms with van der Waals surface area (Å²) in [5.74, 6) is 2.96. The topological polar surface area (TPSA) is 74.6 Å². The van der Waals surface area contributed by atoms with Crippen LogP contribution in [0.5, 0.6) is 17.2 Å². The van der Waals surface area contributed by atoms with E-state index in [1.807, 2.05) is 74.5 Å². The summed E-state index contributed by atoms with van der Waals surface area (Å²) in [5.41, 5.74) is 5.25. The summed E-state index contributed by atoms with van der Waals surface area (Å²) in [5, 5.41) is 2.96. The molecule has 0 atom stereocenters. The number of hydrogen-bond acceptors (Lipinski definition) is 5. The fourth-order valence-corrected chi connectivity index (χ4v) is 4.47. The van der Waals surface area contributed by atoms with E-state index in [1.165, 1.54) is 0 Å². The van der Waals surface area contributed by atoms with E-state index >= 15 is 0 Å². The molecule has 7 heteroatoms. The van der Waals surface area contributed by atoms with Crippen LogP contribution in [-0.4, -0.2) is 42.3 Å². The Hall–Kier alpha value is -4.26. The number of nitrogens with zero attached hydrogens (tertiary/aromatic N) is 2. The summed E-state index contributed by atoms with van der Waals surface area (Å²) in [4.78, 5) is 17.2. The summed E-state index contributed by atoms with van der Waals surface area (Å²) < 4.78 is 19.5. The average Bonchev–Trinajstić information content (AvgIpc) is 3.29. The third kappa shape index (κ3) is 7.41. The number of aromatic nitrogens is 2. The van der Waals surface area contributed by atoms with E-state index in [-0.39, 0.29) is 12.5 Å². The van der Waals surface area contributed by atoms with Crippen LogP contribution in [0, 0.1) is 13.8 Å². The Morgan fingerprint density at radius 2 is 1.87 bits per heavy atom. The Morgan fingerprint density at radius 3 is 2.69 bits per heavy atom. The minimum atomic E-state index is -0.153. The van der Waals surface area contributed by atoms with Crippen molar-refractivity contribution in [2.24, 2.45) is 0 Å². The molecule has 0 aliphatic rings. The second-order valence-electron chi connectivity index (χ2n) is 9.51. The third-order valence-electron chi connectivity index (χ3n) is 6.50. The number of hydrogen-bond donors (Lipinski definition) is 1. The zero-order valence-corrected chi connectivity index (χ0v) is 23.0. The van der Waals surface area contributed by atoms with Gasteiger partial charge in [-0.25, -0.2) is 4.98 Å². The first kappa shape index (κ1) is 27.8. The van der Waals surface area contributed by atoms with Crippen molar-refractivity contribution >= 4 is 16.9 Å². The van der Waals surface area contributed by atoms with Crippen molar-refractivity contribution in [2.75, 3.05) is 26.9 Å². The molecule has 0 aliphatic heterocycles. The van der Waals surface area contributed by atoms with Crippen LogP contribution in [-0.2, 0) is 24.2 Å². The maximum Gasteiger partial charge on any atom is 0.257 e. The molecule has 1 amide bonds. The smallest absolute Gasteiger partial charge is 0.257 e. The van der Waals surface area contributed by atoms with Crippen LogP contribution < -0.4 is 19.5 Å². The average molecular weight is 528 g/mol. The molecule has 0 bridgehead atoms. The predicted octanol–water partition coefficient (Wildman–Crippen LogP) is 5.60. The number of benzene rings is 3. The molecular formula is C32H37N3O4. The van der Waals surface area contributed by atoms with E-state index in [0.717, 1.165) is 70.2 Å². The van der Waals surface area contributed by atoms with Crippen molar-refractivity contribution < 1.29 is 19.0 Å². The number of para-hydroxylation sites is 2. The van der Waals surface area contributed by atoms with Gasteiger partial charge in [-0.3, -0.25) is 4.79 Å². The SMILES string of the molecule is C=CCc1ccc(OCCCn2c(CCNC(=O)COc3cc(C)ccc3C)nc3ccccc32)c(OC)c1. The van der Waals surface area contributed by atoms with Crippen LogP contribution in [0.3, 0.4) is 0 Å². The Balaban J connectivity index is 1.32. The molecule has 7 nitrogen and oxygen atoms in total. The number of methoxy groups -OCH3 is 1. The molecular weight excluding hydrogens is 490 g/mol. The number of carbonyl (C=O) groups is 1. The fourth-order valence-electron chi connectivity index (χ4n) is 4.47. The van der Waals surface area contributed by atoms with Crippen molar-refractivity contribution in [1.29, 1.82) is 0 Å². The number of amides is 1. The lowest BCUT2D eigenvalue weighted by molar-refractivity contribution is -0.123. The fraction of sp³-hybridized carbons (Fsp3) is 0.312. The van der Waals surface area contributed by atoms with Gasteiger partial charge in [0.25, 0.3) is 5.91 Å². The van der Waals surface area contributed by atoms with Crippen LogP contribution in [0.1, 0.15) is 28.9 Å². The third-order valence-corrected chi connectivity index (χ3v) is 6.50. The molecule has 1 heterocycles. The van der Waals surface area contributed by atoms with Gasteiger partial charge in [0.2, 0.25) is 0 Å². The van der Waals surface area contributed by atoms with Gasteiger partial charge in [-0.15, -0.1) is 6.58 Å². The molecule has 0 saturated heterocycles. The standard InChI is InChI=1S/C32H37N3O4/c1-5-9-25-14-15-28(30(21-25)37-4)38-19-8-18-35-27-11-7-6-10-26(27)34-31(35)16-17-33-32(36)22-39-29-20-23(2)12-13-24(29)3/h5-7,10-15,20-21H,1,8-9,16-19,22H2,2-4H3,(H,33,36). The second-order valence-corrected chi connectivity index (χ2v) is 9.51. The number of nitrogens with one attached hydrogen (secondary N) is 1. The van der Waals surface area contributed by atoms with Crippen molar-refractivity contribution in [3.8, 4) is 17.2 Å². The van der Waals surface area contributed by atoms with Gasteiger partial charge in [-0.2, -0.15) is 0 Å². The highest BCUT2D eigenvalue weighted by Crippen LogP contribution is 2.28. The van der Waals surface area contributed by atoms with E-state index in [2.05, 4.69) is 22.5 Å². The van der Waals surface area contributed by atoms with Crippen LogP contribution in [0.4, 0.5) is 0 Å². The van der Waals surface area contributed by atoms with Gasteiger partial charge in [0.1, 0.15) is 11.6 Å². The van der Waals surface area contributed by atoms with Gasteiger partial charge in [-0.1, -0.05) is 36.4 Å². The quantitative estimate of drug-likeness (QED) is 0.171. The molecule has 0 spiro atoms. The van der Waals surface area contributed by atoms with Crippen molar-refractivity contribution in [3.63, 3.8) is 0 Å². The van der Waals surface area contributed by atoms with E-state index in [9.17, 15) is 4.79 Å².